The molecule has 2 aromatic rings. The number of benzene rings is 1. The molecule has 0 aliphatic rings. The number of nitrogens with one attached hydrogen (secondary N) is 2. The Morgan fingerprint density at radius 2 is 2.21 bits per heavy atom. The molecule has 0 bridgehead atoms. The molecule has 0 saturated carbocycles. The van der Waals surface area contributed by atoms with Crippen molar-refractivity contribution in [3.05, 3.63) is 36.0 Å². The summed E-state index contributed by atoms with van der Waals surface area (Å²) in [6.45, 7) is 0.603. The van der Waals surface area contributed by atoms with Crippen molar-refractivity contribution in [1.29, 1.82) is 0 Å². The Labute approximate surface area is 115 Å². The van der Waals surface area contributed by atoms with Gasteiger partial charge in [0.25, 0.3) is 5.17 Å². The van der Waals surface area contributed by atoms with Crippen molar-refractivity contribution < 1.29 is 10.2 Å². The van der Waals surface area contributed by atoms with Crippen molar-refractivity contribution in [2.45, 2.75) is 6.42 Å². The normalized spacial score (nSPS) is 10.5. The SMILES string of the molecule is NC(=[NH2+])SCC(=O)NCCc1c[nH]c2ccccc12. The number of rotatable bonds is 5. The largest absolute Gasteiger partial charge is 0.361 e. The Balaban J connectivity index is 1.83. The van der Waals surface area contributed by atoms with Crippen LogP contribution in [0.1, 0.15) is 5.56 Å². The number of fused-ring (bicyclic) bond motifs is 1. The van der Waals surface area contributed by atoms with Gasteiger partial charge >= 0.3 is 0 Å². The molecule has 100 valence electrons. The maximum atomic E-state index is 11.5. The van der Waals surface area contributed by atoms with Crippen molar-refractivity contribution in [2.75, 3.05) is 12.3 Å². The van der Waals surface area contributed by atoms with Gasteiger partial charge in [0.1, 0.15) is 0 Å². The van der Waals surface area contributed by atoms with Crippen LogP contribution in [0.2, 0.25) is 0 Å². The van der Waals surface area contributed by atoms with Crippen LogP contribution in [-0.4, -0.2) is 28.4 Å². The number of amidine groups is 1. The molecule has 19 heavy (non-hydrogen) atoms. The van der Waals surface area contributed by atoms with E-state index in [9.17, 15) is 4.79 Å². The van der Waals surface area contributed by atoms with Crippen LogP contribution in [0.3, 0.4) is 0 Å². The number of aromatic amines is 1. The van der Waals surface area contributed by atoms with Crippen LogP contribution < -0.4 is 16.5 Å². The highest BCUT2D eigenvalue weighted by molar-refractivity contribution is 8.14. The van der Waals surface area contributed by atoms with Crippen LogP contribution >= 0.6 is 11.8 Å². The molecule has 0 radical (unpaired) electrons. The van der Waals surface area contributed by atoms with Gasteiger partial charge in [-0.15, -0.1) is 0 Å². The highest BCUT2D eigenvalue weighted by Crippen LogP contribution is 2.17. The first-order valence-electron chi connectivity index (χ1n) is 5.99. The van der Waals surface area contributed by atoms with Crippen molar-refractivity contribution in [1.82, 2.24) is 10.3 Å². The van der Waals surface area contributed by atoms with Crippen LogP contribution in [0.5, 0.6) is 0 Å². The van der Waals surface area contributed by atoms with Crippen LogP contribution in [0, 0.1) is 0 Å². The van der Waals surface area contributed by atoms with Crippen molar-refractivity contribution >= 4 is 33.7 Å². The number of aromatic nitrogens is 1. The Kier molecular flexibility index (Phi) is 4.46. The summed E-state index contributed by atoms with van der Waals surface area (Å²) in [6.07, 6.45) is 2.78. The summed E-state index contributed by atoms with van der Waals surface area (Å²) < 4.78 is 0. The van der Waals surface area contributed by atoms with Crippen LogP contribution in [0.4, 0.5) is 0 Å². The highest BCUT2D eigenvalue weighted by Gasteiger charge is 2.06. The number of thioether (sulfide) groups is 1. The smallest absolute Gasteiger partial charge is 0.300 e. The van der Waals surface area contributed by atoms with Gasteiger partial charge in [-0.05, 0) is 29.8 Å². The Morgan fingerprint density at radius 1 is 1.42 bits per heavy atom. The minimum absolute atomic E-state index is 0.0572. The summed E-state index contributed by atoms with van der Waals surface area (Å²) in [7, 11) is 0. The van der Waals surface area contributed by atoms with Gasteiger partial charge in [0, 0.05) is 23.6 Å². The molecule has 1 aromatic carbocycles. The van der Waals surface area contributed by atoms with E-state index < -0.39 is 0 Å². The van der Waals surface area contributed by atoms with E-state index in [1.165, 1.54) is 10.9 Å². The monoisotopic (exact) mass is 277 g/mol. The first kappa shape index (κ1) is 13.5. The van der Waals surface area contributed by atoms with E-state index in [1.54, 1.807) is 0 Å². The quantitative estimate of drug-likeness (QED) is 0.443. The molecule has 1 amide bonds. The molecular weight excluding hydrogens is 260 g/mol. The Morgan fingerprint density at radius 3 is 3.00 bits per heavy atom. The predicted octanol–water partition coefficient (Wildman–Crippen LogP) is -0.366. The van der Waals surface area contributed by atoms with Crippen LogP contribution in [-0.2, 0) is 11.2 Å². The van der Waals surface area contributed by atoms with Crippen LogP contribution in [0.25, 0.3) is 10.9 Å². The molecule has 2 rings (SSSR count). The topological polar surface area (TPSA) is 96.5 Å². The third kappa shape index (κ3) is 3.75. The number of H-pyrrole nitrogens is 1. The van der Waals surface area contributed by atoms with Gasteiger partial charge in [-0.1, -0.05) is 18.2 Å². The number of hydrogen-bond acceptors (Lipinski definition) is 2. The molecule has 6 N–H and O–H groups in total. The van der Waals surface area contributed by atoms with Gasteiger partial charge in [0.15, 0.2) is 0 Å². The Bertz CT molecular complexity index is 593. The fourth-order valence-electron chi connectivity index (χ4n) is 1.87. The second-order valence-electron chi connectivity index (χ2n) is 4.15. The van der Waals surface area contributed by atoms with Gasteiger partial charge in [0.05, 0.1) is 5.75 Å². The van der Waals surface area contributed by atoms with E-state index >= 15 is 0 Å². The van der Waals surface area contributed by atoms with E-state index in [0.29, 0.717) is 6.54 Å². The molecule has 0 fully saturated rings. The van der Waals surface area contributed by atoms with E-state index in [0.717, 1.165) is 23.7 Å². The lowest BCUT2D eigenvalue weighted by molar-refractivity contribution is -0.118. The van der Waals surface area contributed by atoms with E-state index in [2.05, 4.69) is 16.4 Å². The molecule has 1 heterocycles. The van der Waals surface area contributed by atoms with Gasteiger partial charge in [-0.25, -0.2) is 0 Å². The second-order valence-corrected chi connectivity index (χ2v) is 5.20. The van der Waals surface area contributed by atoms with E-state index in [-0.39, 0.29) is 16.8 Å². The fourth-order valence-corrected chi connectivity index (χ4v) is 2.27. The number of carbonyl (C=O) groups is 1. The zero-order valence-electron chi connectivity index (χ0n) is 10.5. The lowest BCUT2D eigenvalue weighted by atomic mass is 10.1. The minimum Gasteiger partial charge on any atom is -0.361 e. The molecule has 6 heteroatoms. The number of nitrogens with two attached hydrogens (primary N) is 2. The van der Waals surface area contributed by atoms with E-state index in [4.69, 9.17) is 11.1 Å². The Hall–Kier alpha value is -1.95. The average Bonchev–Trinajstić information content (AvgIpc) is 2.80. The molecule has 0 atom stereocenters. The number of hydrogen-bond donors (Lipinski definition) is 4. The maximum absolute atomic E-state index is 11.5. The maximum Gasteiger partial charge on any atom is 0.300 e. The lowest BCUT2D eigenvalue weighted by Crippen LogP contribution is -2.44. The van der Waals surface area contributed by atoms with Gasteiger partial charge in [-0.2, -0.15) is 0 Å². The zero-order valence-corrected chi connectivity index (χ0v) is 11.3. The average molecular weight is 277 g/mol. The van der Waals surface area contributed by atoms with Gasteiger partial charge in [0.2, 0.25) is 5.91 Å². The molecule has 5 nitrogen and oxygen atoms in total. The standard InChI is InChI=1S/C13H16N4OS/c14-13(15)19-8-12(18)16-6-5-9-7-17-11-4-2-1-3-10(9)11/h1-4,7,17H,5-6,8H2,(H3,14,15)(H,16,18)/p+1. The molecular formula is C13H17N4OS+. The summed E-state index contributed by atoms with van der Waals surface area (Å²) >= 11 is 1.14. The van der Waals surface area contributed by atoms with Gasteiger partial charge < -0.3 is 10.3 Å². The molecule has 0 saturated heterocycles. The minimum atomic E-state index is -0.0572. The van der Waals surface area contributed by atoms with Gasteiger partial charge in [-0.3, -0.25) is 15.9 Å². The predicted molar refractivity (Wildman–Crippen MR) is 78.6 cm³/mol. The number of carbonyl (C=O) groups excluding carboxylic acids is 1. The summed E-state index contributed by atoms with van der Waals surface area (Å²) in [5.41, 5.74) is 7.60. The summed E-state index contributed by atoms with van der Waals surface area (Å²) in [5, 5.41) is 9.54. The van der Waals surface area contributed by atoms with E-state index in [1.807, 2.05) is 24.4 Å². The highest BCUT2D eigenvalue weighted by atomic mass is 32.2. The molecule has 1 aromatic heterocycles. The molecule has 0 aliphatic heterocycles. The fraction of sp³-hybridized carbons (Fsp3) is 0.231. The third-order valence-electron chi connectivity index (χ3n) is 2.76. The first-order chi connectivity index (χ1) is 9.16. The molecule has 0 unspecified atom stereocenters. The van der Waals surface area contributed by atoms with Crippen molar-refractivity contribution in [3.63, 3.8) is 0 Å². The second kappa shape index (κ2) is 6.29. The van der Waals surface area contributed by atoms with Crippen LogP contribution in [0.15, 0.2) is 30.5 Å². The number of para-hydroxylation sites is 1. The third-order valence-corrected chi connectivity index (χ3v) is 3.50. The number of amides is 1. The first-order valence-corrected chi connectivity index (χ1v) is 6.98. The zero-order chi connectivity index (χ0) is 13.7. The van der Waals surface area contributed by atoms with Crippen molar-refractivity contribution in [2.24, 2.45) is 5.73 Å². The lowest BCUT2D eigenvalue weighted by Gasteiger charge is -2.03. The summed E-state index contributed by atoms with van der Waals surface area (Å²) in [5.74, 6) is 0.203. The summed E-state index contributed by atoms with van der Waals surface area (Å²) in [6, 6.07) is 8.11. The van der Waals surface area contributed by atoms with Crippen molar-refractivity contribution in [3.8, 4) is 0 Å². The summed E-state index contributed by atoms with van der Waals surface area (Å²) in [4.78, 5) is 14.7. The molecule has 0 aliphatic carbocycles. The molecule has 0 spiro atoms.